The second-order valence-electron chi connectivity index (χ2n) is 6.27. The predicted octanol–water partition coefficient (Wildman–Crippen LogP) is 0.914. The third-order valence-electron chi connectivity index (χ3n) is 4.52. The van der Waals surface area contributed by atoms with Crippen LogP contribution in [0.5, 0.6) is 0 Å². The van der Waals surface area contributed by atoms with Crippen LogP contribution in [-0.4, -0.2) is 41.5 Å². The van der Waals surface area contributed by atoms with E-state index in [2.05, 4.69) is 0 Å². The van der Waals surface area contributed by atoms with E-state index in [1.807, 2.05) is 6.92 Å². The summed E-state index contributed by atoms with van der Waals surface area (Å²) < 4.78 is 5.48. The Morgan fingerprint density at radius 3 is 2.39 bits per heavy atom. The summed E-state index contributed by atoms with van der Waals surface area (Å²) in [6, 6.07) is 0.0586. The minimum atomic E-state index is -0.235. The summed E-state index contributed by atoms with van der Waals surface area (Å²) in [7, 11) is 0. The number of rotatable bonds is 1. The van der Waals surface area contributed by atoms with Crippen LogP contribution in [0.4, 0.5) is 4.79 Å². The lowest BCUT2D eigenvalue weighted by atomic mass is 9.73. The number of nitrogens with zero attached hydrogens (tertiary/aromatic N) is 1. The van der Waals surface area contributed by atoms with Crippen molar-refractivity contribution in [1.82, 2.24) is 4.90 Å². The minimum absolute atomic E-state index is 0.0586. The van der Waals surface area contributed by atoms with Crippen LogP contribution in [0.15, 0.2) is 0 Å². The number of piperidine rings is 1. The van der Waals surface area contributed by atoms with Crippen molar-refractivity contribution in [2.24, 2.45) is 17.6 Å². The van der Waals surface area contributed by atoms with Gasteiger partial charge >= 0.3 is 6.09 Å². The maximum atomic E-state index is 12.1. The number of ether oxygens (including phenoxy) is 1. The molecule has 3 rings (SSSR count). The summed E-state index contributed by atoms with van der Waals surface area (Å²) in [6.07, 6.45) is 2.71. The smallest absolute Gasteiger partial charge is 0.410 e. The average Bonchev–Trinajstić information content (AvgIpc) is 2.98. The molecule has 5 nitrogen and oxygen atoms in total. The van der Waals surface area contributed by atoms with Crippen molar-refractivity contribution in [3.05, 3.63) is 0 Å². The molecule has 2 aliphatic carbocycles. The molecule has 2 unspecified atom stereocenters. The zero-order valence-corrected chi connectivity index (χ0v) is 10.7. The summed E-state index contributed by atoms with van der Waals surface area (Å²) in [5.41, 5.74) is 5.88. The van der Waals surface area contributed by atoms with Crippen molar-refractivity contribution < 1.29 is 14.3 Å². The fourth-order valence-corrected chi connectivity index (χ4v) is 3.04. The van der Waals surface area contributed by atoms with E-state index in [-0.39, 0.29) is 35.4 Å². The minimum Gasteiger partial charge on any atom is -0.443 e. The van der Waals surface area contributed by atoms with Gasteiger partial charge in [-0.25, -0.2) is 4.79 Å². The largest absolute Gasteiger partial charge is 0.443 e. The summed E-state index contributed by atoms with van der Waals surface area (Å²) in [4.78, 5) is 25.3. The molecule has 3 aliphatic rings. The number of hydrogen-bond donors (Lipinski definition) is 1. The number of carbonyl (C=O) groups excluding carboxylic acids is 2. The molecule has 2 bridgehead atoms. The standard InChI is InChI=1S/C13H20N2O3/c1-13(2-3-13)18-12(17)15-6-8-4-10(16)5-9(7-15)11(8)14/h8-9,11H,2-7,14H2,1H3. The maximum Gasteiger partial charge on any atom is 0.410 e. The topological polar surface area (TPSA) is 72.6 Å². The molecule has 100 valence electrons. The molecule has 0 aromatic heterocycles. The van der Waals surface area contributed by atoms with E-state index in [0.717, 1.165) is 12.8 Å². The first-order valence-corrected chi connectivity index (χ1v) is 6.72. The molecule has 2 N–H and O–H groups in total. The zero-order valence-electron chi connectivity index (χ0n) is 10.7. The Hall–Kier alpha value is -1.10. The van der Waals surface area contributed by atoms with Gasteiger partial charge in [0.15, 0.2) is 0 Å². The summed E-state index contributed by atoms with van der Waals surface area (Å²) in [5.74, 6) is 0.517. The fourth-order valence-electron chi connectivity index (χ4n) is 3.04. The molecule has 5 heteroatoms. The van der Waals surface area contributed by atoms with E-state index in [1.165, 1.54) is 0 Å². The SMILES string of the molecule is CC1(OC(=O)N2CC3CC(=O)CC(C2)C3N)CC1. The molecule has 0 spiro atoms. The van der Waals surface area contributed by atoms with E-state index in [9.17, 15) is 9.59 Å². The molecule has 0 aromatic carbocycles. The van der Waals surface area contributed by atoms with Crippen LogP contribution in [0.25, 0.3) is 0 Å². The molecule has 2 saturated carbocycles. The zero-order chi connectivity index (χ0) is 12.9. The van der Waals surface area contributed by atoms with Gasteiger partial charge in [-0.15, -0.1) is 0 Å². The van der Waals surface area contributed by atoms with Crippen molar-refractivity contribution in [3.63, 3.8) is 0 Å². The Bertz CT molecular complexity index is 374. The van der Waals surface area contributed by atoms with Crippen LogP contribution in [0.2, 0.25) is 0 Å². The second-order valence-corrected chi connectivity index (χ2v) is 6.27. The number of likely N-dealkylation sites (tertiary alicyclic amines) is 1. The molecule has 1 aliphatic heterocycles. The van der Waals surface area contributed by atoms with Gasteiger partial charge in [0.2, 0.25) is 0 Å². The molecule has 3 fully saturated rings. The highest BCUT2D eigenvalue weighted by atomic mass is 16.6. The predicted molar refractivity (Wildman–Crippen MR) is 64.9 cm³/mol. The Balaban J connectivity index is 1.65. The highest BCUT2D eigenvalue weighted by Gasteiger charge is 2.46. The third-order valence-corrected chi connectivity index (χ3v) is 4.52. The Morgan fingerprint density at radius 2 is 1.89 bits per heavy atom. The molecule has 1 heterocycles. The molecule has 18 heavy (non-hydrogen) atoms. The van der Waals surface area contributed by atoms with Gasteiger partial charge < -0.3 is 15.4 Å². The molecular weight excluding hydrogens is 232 g/mol. The third kappa shape index (κ3) is 2.11. The number of carbonyl (C=O) groups is 2. The van der Waals surface area contributed by atoms with Crippen LogP contribution >= 0.6 is 0 Å². The van der Waals surface area contributed by atoms with Gasteiger partial charge in [-0.3, -0.25) is 4.79 Å². The molecule has 0 aromatic rings. The van der Waals surface area contributed by atoms with Crippen LogP contribution in [0.3, 0.4) is 0 Å². The van der Waals surface area contributed by atoms with Gasteiger partial charge in [0.05, 0.1) is 0 Å². The van der Waals surface area contributed by atoms with Crippen LogP contribution in [-0.2, 0) is 9.53 Å². The Morgan fingerprint density at radius 1 is 1.33 bits per heavy atom. The van der Waals surface area contributed by atoms with Gasteiger partial charge in [0, 0.05) is 32.0 Å². The van der Waals surface area contributed by atoms with Gasteiger partial charge in [0.25, 0.3) is 0 Å². The van der Waals surface area contributed by atoms with Gasteiger partial charge in [0.1, 0.15) is 11.4 Å². The monoisotopic (exact) mass is 252 g/mol. The fraction of sp³-hybridized carbons (Fsp3) is 0.846. The summed E-state index contributed by atoms with van der Waals surface area (Å²) in [5, 5.41) is 0. The first-order valence-electron chi connectivity index (χ1n) is 6.72. The van der Waals surface area contributed by atoms with Crippen molar-refractivity contribution in [2.45, 2.75) is 44.2 Å². The highest BCUT2D eigenvalue weighted by molar-refractivity contribution is 5.80. The van der Waals surface area contributed by atoms with E-state index >= 15 is 0 Å². The first-order chi connectivity index (χ1) is 8.47. The molecular formula is C13H20N2O3. The van der Waals surface area contributed by atoms with Crippen molar-refractivity contribution in [1.29, 1.82) is 0 Å². The molecule has 0 radical (unpaired) electrons. The lowest BCUT2D eigenvalue weighted by Gasteiger charge is -2.44. The first kappa shape index (κ1) is 12.0. The lowest BCUT2D eigenvalue weighted by molar-refractivity contribution is -0.125. The van der Waals surface area contributed by atoms with E-state index in [4.69, 9.17) is 10.5 Å². The van der Waals surface area contributed by atoms with Gasteiger partial charge in [-0.05, 0) is 31.6 Å². The maximum absolute atomic E-state index is 12.1. The van der Waals surface area contributed by atoms with Crippen LogP contribution in [0.1, 0.15) is 32.6 Å². The number of amides is 1. The van der Waals surface area contributed by atoms with E-state index < -0.39 is 0 Å². The van der Waals surface area contributed by atoms with Gasteiger partial charge in [-0.2, -0.15) is 0 Å². The van der Waals surface area contributed by atoms with E-state index in [1.54, 1.807) is 4.90 Å². The number of ketones is 1. The number of Topliss-reactive ketones (excluding diaryl/α,β-unsaturated/α-hetero) is 1. The summed E-state index contributed by atoms with van der Waals surface area (Å²) in [6.45, 7) is 3.10. The number of fused-ring (bicyclic) bond motifs is 2. The average molecular weight is 252 g/mol. The highest BCUT2D eigenvalue weighted by Crippen LogP contribution is 2.40. The van der Waals surface area contributed by atoms with Gasteiger partial charge in [-0.1, -0.05) is 0 Å². The summed E-state index contributed by atoms with van der Waals surface area (Å²) >= 11 is 0. The van der Waals surface area contributed by atoms with Crippen LogP contribution in [0, 0.1) is 11.8 Å². The van der Waals surface area contributed by atoms with Crippen molar-refractivity contribution in [2.75, 3.05) is 13.1 Å². The molecule has 1 amide bonds. The number of hydrogen-bond acceptors (Lipinski definition) is 4. The Labute approximate surface area is 107 Å². The normalized spacial score (nSPS) is 37.3. The Kier molecular flexibility index (Phi) is 2.62. The van der Waals surface area contributed by atoms with Crippen molar-refractivity contribution >= 4 is 11.9 Å². The molecule has 2 atom stereocenters. The lowest BCUT2D eigenvalue weighted by Crippen LogP contribution is -2.58. The quantitative estimate of drug-likeness (QED) is 0.753. The van der Waals surface area contributed by atoms with E-state index in [0.29, 0.717) is 25.9 Å². The van der Waals surface area contributed by atoms with Crippen LogP contribution < -0.4 is 5.73 Å². The number of nitrogens with two attached hydrogens (primary N) is 1. The molecule has 1 saturated heterocycles. The van der Waals surface area contributed by atoms with Crippen molar-refractivity contribution in [3.8, 4) is 0 Å². The second kappa shape index (κ2) is 3.95.